The normalized spacial score (nSPS) is 11.7. The third kappa shape index (κ3) is 5.62. The molecule has 4 N–H and O–H groups in total. The van der Waals surface area contributed by atoms with Crippen LogP contribution in [-0.4, -0.2) is 51.4 Å². The van der Waals surface area contributed by atoms with Crippen LogP contribution >= 0.6 is 11.8 Å². The van der Waals surface area contributed by atoms with Crippen molar-refractivity contribution in [3.05, 3.63) is 59.9 Å². The van der Waals surface area contributed by atoms with Crippen molar-refractivity contribution in [3.8, 4) is 23.0 Å². The molecule has 0 aliphatic heterocycles. The number of nitrogens with zero attached hydrogens (tertiary/aromatic N) is 3. The van der Waals surface area contributed by atoms with E-state index in [-0.39, 0.29) is 17.1 Å². The molecule has 4 aromatic rings. The number of hydrogen-bond acceptors (Lipinski definition) is 9. The number of carbonyl (C=O) groups excluding carboxylic acids is 1. The number of nitrogens with one attached hydrogen (secondary N) is 1. The average Bonchev–Trinajstić information content (AvgIpc) is 2.92. The highest BCUT2D eigenvalue weighted by molar-refractivity contribution is 8.00. The number of benzene rings is 2. The van der Waals surface area contributed by atoms with Crippen LogP contribution in [-0.2, 0) is 0 Å². The van der Waals surface area contributed by atoms with Gasteiger partial charge in [0.05, 0.1) is 42.1 Å². The molecule has 1 amide bonds. The lowest BCUT2D eigenvalue weighted by atomic mass is 10.0. The van der Waals surface area contributed by atoms with E-state index in [0.717, 1.165) is 16.9 Å². The predicted octanol–water partition coefficient (Wildman–Crippen LogP) is 5.14. The number of aromatic nitrogens is 3. The number of methoxy groups -OCH3 is 2. The second kappa shape index (κ2) is 11.3. The Hall–Kier alpha value is -4.38. The number of rotatable bonds is 10. The van der Waals surface area contributed by atoms with Crippen molar-refractivity contribution < 1.29 is 24.2 Å². The van der Waals surface area contributed by atoms with Gasteiger partial charge in [0.15, 0.2) is 0 Å². The van der Waals surface area contributed by atoms with Crippen LogP contribution in [0.25, 0.3) is 22.0 Å². The lowest BCUT2D eigenvalue weighted by Gasteiger charge is -2.16. The second-order valence-electron chi connectivity index (χ2n) is 8.44. The number of anilines is 2. The summed E-state index contributed by atoms with van der Waals surface area (Å²) in [5, 5.41) is 13.8. The number of hydrogen-bond donors (Lipinski definition) is 3. The van der Waals surface area contributed by atoms with Crippen molar-refractivity contribution >= 4 is 45.9 Å². The molecular weight excluding hydrogens is 506 g/mol. The fourth-order valence-corrected chi connectivity index (χ4v) is 4.83. The van der Waals surface area contributed by atoms with Crippen LogP contribution in [0.3, 0.4) is 0 Å². The topological polar surface area (TPSA) is 150 Å². The van der Waals surface area contributed by atoms with E-state index >= 15 is 0 Å². The number of carboxylic acids is 1. The van der Waals surface area contributed by atoms with Crippen molar-refractivity contribution in [1.29, 1.82) is 0 Å². The summed E-state index contributed by atoms with van der Waals surface area (Å²) in [6.45, 7) is 4.15. The van der Waals surface area contributed by atoms with Crippen LogP contribution in [0.5, 0.6) is 11.9 Å². The number of carbonyl (C=O) groups is 2. The van der Waals surface area contributed by atoms with Crippen molar-refractivity contribution in [1.82, 2.24) is 15.0 Å². The summed E-state index contributed by atoms with van der Waals surface area (Å²) >= 11 is 1.58. The Balaban J connectivity index is 1.83. The minimum Gasteiger partial charge on any atom is -0.480 e. The highest BCUT2D eigenvalue weighted by Gasteiger charge is 2.18. The van der Waals surface area contributed by atoms with Gasteiger partial charge in [0.1, 0.15) is 0 Å². The molecule has 0 saturated carbocycles. The molecule has 10 nitrogen and oxygen atoms in total. The first kappa shape index (κ1) is 26.7. The number of nitrogens with two attached hydrogens (primary N) is 1. The van der Waals surface area contributed by atoms with Gasteiger partial charge < -0.3 is 25.6 Å². The Bertz CT molecular complexity index is 1530. The van der Waals surface area contributed by atoms with E-state index in [1.54, 1.807) is 30.1 Å². The van der Waals surface area contributed by atoms with Crippen molar-refractivity contribution in [2.45, 2.75) is 30.4 Å². The summed E-state index contributed by atoms with van der Waals surface area (Å²) < 4.78 is 10.5. The molecule has 2 aromatic carbocycles. The number of carboxylic acid groups (broad SMARTS) is 1. The van der Waals surface area contributed by atoms with E-state index in [4.69, 9.17) is 15.2 Å². The summed E-state index contributed by atoms with van der Waals surface area (Å²) in [7, 11) is 2.97. The first-order valence-electron chi connectivity index (χ1n) is 11.7. The van der Waals surface area contributed by atoms with Gasteiger partial charge in [-0.05, 0) is 36.2 Å². The molecule has 2 heterocycles. The Kier molecular flexibility index (Phi) is 7.96. The highest BCUT2D eigenvalue weighted by Crippen LogP contribution is 2.36. The number of ether oxygens (including phenoxy) is 2. The van der Waals surface area contributed by atoms with Gasteiger partial charge in [0, 0.05) is 33.6 Å². The van der Waals surface area contributed by atoms with Gasteiger partial charge >= 0.3 is 12.0 Å². The highest BCUT2D eigenvalue weighted by atomic mass is 32.2. The van der Waals surface area contributed by atoms with Crippen molar-refractivity contribution in [2.24, 2.45) is 5.73 Å². The first-order valence-corrected chi connectivity index (χ1v) is 12.6. The van der Waals surface area contributed by atoms with E-state index in [9.17, 15) is 14.7 Å². The standard InChI is InChI=1S/C27H27N5O5S/c1-5-14(2)38-18-9-16(26(34)35)8-17(11-18)31-23-19-7-6-15(10-22(19)29-13-21(23)24(28)33)20-12-30-27(37-4)32-25(20)36-3/h6-14H,5H2,1-4H3,(H2,28,33)(H,29,31)(H,34,35). The molecule has 196 valence electrons. The van der Waals surface area contributed by atoms with E-state index in [2.05, 4.69) is 34.1 Å². The maximum absolute atomic E-state index is 12.3. The largest absolute Gasteiger partial charge is 0.480 e. The van der Waals surface area contributed by atoms with Crippen molar-refractivity contribution in [3.63, 3.8) is 0 Å². The van der Waals surface area contributed by atoms with Crippen LogP contribution in [0.15, 0.2) is 53.7 Å². The maximum Gasteiger partial charge on any atom is 0.335 e. The van der Waals surface area contributed by atoms with Gasteiger partial charge in [0.2, 0.25) is 5.88 Å². The molecule has 0 saturated heterocycles. The summed E-state index contributed by atoms with van der Waals surface area (Å²) in [5.74, 6) is -1.38. The second-order valence-corrected chi connectivity index (χ2v) is 9.95. The number of pyridine rings is 1. The minimum atomic E-state index is -1.05. The van der Waals surface area contributed by atoms with Gasteiger partial charge in [-0.1, -0.05) is 26.0 Å². The quantitative estimate of drug-likeness (QED) is 0.234. The lowest BCUT2D eigenvalue weighted by Crippen LogP contribution is -2.14. The van der Waals surface area contributed by atoms with Crippen LogP contribution in [0.1, 0.15) is 41.0 Å². The zero-order valence-corrected chi connectivity index (χ0v) is 22.1. The number of amides is 1. The van der Waals surface area contributed by atoms with Crippen LogP contribution < -0.4 is 20.5 Å². The zero-order chi connectivity index (χ0) is 27.4. The van der Waals surface area contributed by atoms with E-state index in [1.165, 1.54) is 26.5 Å². The molecule has 0 bridgehead atoms. The Morgan fingerprint density at radius 2 is 1.89 bits per heavy atom. The van der Waals surface area contributed by atoms with Crippen molar-refractivity contribution in [2.75, 3.05) is 19.5 Å². The van der Waals surface area contributed by atoms with E-state index in [1.807, 2.05) is 18.2 Å². The van der Waals surface area contributed by atoms with Gasteiger partial charge in [-0.25, -0.2) is 9.78 Å². The third-order valence-corrected chi connectivity index (χ3v) is 7.13. The molecule has 0 aliphatic rings. The Morgan fingerprint density at radius 3 is 2.55 bits per heavy atom. The fraction of sp³-hybridized carbons (Fsp3) is 0.222. The number of primary amides is 1. The van der Waals surface area contributed by atoms with Gasteiger partial charge in [0.25, 0.3) is 5.91 Å². The van der Waals surface area contributed by atoms with Crippen LogP contribution in [0.2, 0.25) is 0 Å². The van der Waals surface area contributed by atoms with Crippen LogP contribution in [0.4, 0.5) is 11.4 Å². The zero-order valence-electron chi connectivity index (χ0n) is 21.3. The summed E-state index contributed by atoms with van der Waals surface area (Å²) in [5.41, 5.74) is 8.86. The molecule has 0 fully saturated rings. The molecule has 0 aliphatic carbocycles. The Morgan fingerprint density at radius 1 is 1.11 bits per heavy atom. The molecule has 0 radical (unpaired) electrons. The van der Waals surface area contributed by atoms with E-state index in [0.29, 0.717) is 39.0 Å². The maximum atomic E-state index is 12.3. The molecule has 11 heteroatoms. The SMILES string of the molecule is CCC(C)Sc1cc(Nc2c(C(N)=O)cnc3cc(-c4cnc(OC)nc4OC)ccc23)cc(C(=O)O)c1. The molecule has 38 heavy (non-hydrogen) atoms. The summed E-state index contributed by atoms with van der Waals surface area (Å²) in [6, 6.07) is 10.6. The van der Waals surface area contributed by atoms with Gasteiger partial charge in [-0.3, -0.25) is 9.78 Å². The molecule has 0 spiro atoms. The number of fused-ring (bicyclic) bond motifs is 1. The molecule has 1 atom stereocenters. The monoisotopic (exact) mass is 533 g/mol. The third-order valence-electron chi connectivity index (χ3n) is 5.89. The van der Waals surface area contributed by atoms with E-state index < -0.39 is 11.9 Å². The summed E-state index contributed by atoms with van der Waals surface area (Å²) in [6.07, 6.45) is 3.92. The predicted molar refractivity (Wildman–Crippen MR) is 147 cm³/mol. The Labute approximate surface area is 223 Å². The first-order chi connectivity index (χ1) is 18.2. The smallest absolute Gasteiger partial charge is 0.335 e. The number of thioether (sulfide) groups is 1. The molecule has 4 rings (SSSR count). The molecule has 2 aromatic heterocycles. The van der Waals surface area contributed by atoms with Crippen LogP contribution in [0, 0.1) is 0 Å². The van der Waals surface area contributed by atoms with Gasteiger partial charge in [-0.2, -0.15) is 4.98 Å². The average molecular weight is 534 g/mol. The minimum absolute atomic E-state index is 0.133. The summed E-state index contributed by atoms with van der Waals surface area (Å²) in [4.78, 5) is 37.8. The fourth-order valence-electron chi connectivity index (χ4n) is 3.81. The molecular formula is C27H27N5O5S. The number of aromatic carboxylic acids is 1. The van der Waals surface area contributed by atoms with Gasteiger partial charge in [-0.15, -0.1) is 11.8 Å². The molecule has 1 unspecified atom stereocenters. The lowest BCUT2D eigenvalue weighted by molar-refractivity contribution is 0.0696.